The Labute approximate surface area is 137 Å². The summed E-state index contributed by atoms with van der Waals surface area (Å²) in [6.45, 7) is 6.66. The van der Waals surface area contributed by atoms with Gasteiger partial charge in [0.05, 0.1) is 0 Å². The van der Waals surface area contributed by atoms with Crippen LogP contribution in [0.5, 0.6) is 0 Å². The van der Waals surface area contributed by atoms with Crippen molar-refractivity contribution in [3.63, 3.8) is 0 Å². The number of benzene rings is 1. The highest BCUT2D eigenvalue weighted by molar-refractivity contribution is 6.30. The first kappa shape index (κ1) is 16.8. The smallest absolute Gasteiger partial charge is 0.306 e. The van der Waals surface area contributed by atoms with Crippen molar-refractivity contribution in [3.8, 4) is 0 Å². The van der Waals surface area contributed by atoms with E-state index in [2.05, 4.69) is 36.6 Å². The average Bonchev–Trinajstić information content (AvgIpc) is 2.45. The van der Waals surface area contributed by atoms with Gasteiger partial charge in [0.15, 0.2) is 0 Å². The molecule has 0 radical (unpaired) electrons. The number of hydrogen-bond donors (Lipinski definition) is 2. The predicted octanol–water partition coefficient (Wildman–Crippen LogP) is 4.91. The molecule has 1 saturated carbocycles. The van der Waals surface area contributed by atoms with E-state index in [4.69, 9.17) is 11.6 Å². The molecule has 2 amide bonds. The summed E-state index contributed by atoms with van der Waals surface area (Å²) in [7, 11) is 0. The quantitative estimate of drug-likeness (QED) is 0.763. The molecule has 120 valence electrons. The van der Waals surface area contributed by atoms with Gasteiger partial charge < -0.3 is 5.32 Å². The first-order valence-corrected chi connectivity index (χ1v) is 8.22. The SMILES string of the molecule is CC1CCC(C(C)C)/C(=N\NC(=O)Nc2cccc(Cl)c2)C1. The number of anilines is 1. The molecule has 0 aliphatic heterocycles. The minimum absolute atomic E-state index is 0.338. The Morgan fingerprint density at radius 2 is 2.14 bits per heavy atom. The lowest BCUT2D eigenvalue weighted by Gasteiger charge is -2.30. The van der Waals surface area contributed by atoms with Crippen LogP contribution < -0.4 is 10.7 Å². The zero-order chi connectivity index (χ0) is 16.1. The molecule has 1 aliphatic carbocycles. The van der Waals surface area contributed by atoms with Gasteiger partial charge in [-0.15, -0.1) is 0 Å². The Morgan fingerprint density at radius 1 is 1.36 bits per heavy atom. The Hall–Kier alpha value is -1.55. The monoisotopic (exact) mass is 321 g/mol. The molecule has 0 aromatic heterocycles. The molecule has 5 heteroatoms. The van der Waals surface area contributed by atoms with Crippen LogP contribution >= 0.6 is 11.6 Å². The fraction of sp³-hybridized carbons (Fsp3) is 0.529. The molecule has 1 fully saturated rings. The van der Waals surface area contributed by atoms with Gasteiger partial charge in [-0.2, -0.15) is 5.10 Å². The summed E-state index contributed by atoms with van der Waals surface area (Å²) in [6.07, 6.45) is 3.34. The van der Waals surface area contributed by atoms with Crippen LogP contribution in [0.25, 0.3) is 0 Å². The second kappa shape index (κ2) is 7.63. The number of hydrazone groups is 1. The molecule has 4 nitrogen and oxygen atoms in total. The Kier molecular flexibility index (Phi) is 5.83. The Balaban J connectivity index is 1.97. The van der Waals surface area contributed by atoms with Crippen molar-refractivity contribution >= 4 is 29.0 Å². The highest BCUT2D eigenvalue weighted by atomic mass is 35.5. The number of nitrogens with zero attached hydrogens (tertiary/aromatic N) is 1. The highest BCUT2D eigenvalue weighted by Crippen LogP contribution is 2.31. The molecule has 1 aliphatic rings. The van der Waals surface area contributed by atoms with Crippen molar-refractivity contribution in [2.45, 2.75) is 40.0 Å². The predicted molar refractivity (Wildman–Crippen MR) is 92.4 cm³/mol. The molecular weight excluding hydrogens is 298 g/mol. The van der Waals surface area contributed by atoms with Crippen LogP contribution in [0.2, 0.25) is 5.02 Å². The topological polar surface area (TPSA) is 53.5 Å². The number of carbonyl (C=O) groups excluding carboxylic acids is 1. The van der Waals surface area contributed by atoms with E-state index in [1.54, 1.807) is 24.3 Å². The summed E-state index contributed by atoms with van der Waals surface area (Å²) in [5, 5.41) is 7.70. The number of halogens is 1. The van der Waals surface area contributed by atoms with E-state index < -0.39 is 0 Å². The highest BCUT2D eigenvalue weighted by Gasteiger charge is 2.27. The molecular formula is C17H24ClN3O. The fourth-order valence-electron chi connectivity index (χ4n) is 2.94. The van der Waals surface area contributed by atoms with Gasteiger partial charge in [-0.1, -0.05) is 38.4 Å². The van der Waals surface area contributed by atoms with E-state index in [0.717, 1.165) is 18.6 Å². The van der Waals surface area contributed by atoms with E-state index >= 15 is 0 Å². The first-order valence-electron chi connectivity index (χ1n) is 7.84. The average molecular weight is 322 g/mol. The second-order valence-corrected chi connectivity index (χ2v) is 6.85. The van der Waals surface area contributed by atoms with Crippen LogP contribution in [-0.2, 0) is 0 Å². The zero-order valence-corrected chi connectivity index (χ0v) is 14.2. The minimum atomic E-state index is -0.338. The van der Waals surface area contributed by atoms with Gasteiger partial charge in [0.2, 0.25) is 0 Å². The molecule has 0 saturated heterocycles. The van der Waals surface area contributed by atoms with Crippen molar-refractivity contribution in [1.82, 2.24) is 5.43 Å². The van der Waals surface area contributed by atoms with Gasteiger partial charge in [0.25, 0.3) is 0 Å². The summed E-state index contributed by atoms with van der Waals surface area (Å²) in [5.74, 6) is 1.64. The third kappa shape index (κ3) is 4.73. The van der Waals surface area contributed by atoms with Crippen LogP contribution in [0.4, 0.5) is 10.5 Å². The van der Waals surface area contributed by atoms with Crippen molar-refractivity contribution in [2.24, 2.45) is 22.9 Å². The molecule has 0 bridgehead atoms. The molecule has 1 aromatic carbocycles. The molecule has 0 heterocycles. The molecule has 2 rings (SSSR count). The Morgan fingerprint density at radius 3 is 2.82 bits per heavy atom. The number of amides is 2. The van der Waals surface area contributed by atoms with E-state index in [-0.39, 0.29) is 6.03 Å². The van der Waals surface area contributed by atoms with E-state index in [1.807, 2.05) is 0 Å². The summed E-state index contributed by atoms with van der Waals surface area (Å²) >= 11 is 5.90. The maximum absolute atomic E-state index is 12.0. The molecule has 0 spiro atoms. The molecule has 2 N–H and O–H groups in total. The number of rotatable bonds is 3. The zero-order valence-electron chi connectivity index (χ0n) is 13.4. The van der Waals surface area contributed by atoms with E-state index in [0.29, 0.717) is 28.5 Å². The van der Waals surface area contributed by atoms with Crippen molar-refractivity contribution in [3.05, 3.63) is 29.3 Å². The maximum atomic E-state index is 12.0. The van der Waals surface area contributed by atoms with E-state index in [9.17, 15) is 4.79 Å². The molecule has 22 heavy (non-hydrogen) atoms. The molecule has 2 atom stereocenters. The summed E-state index contributed by atoms with van der Waals surface area (Å²) < 4.78 is 0. The molecule has 2 unspecified atom stereocenters. The van der Waals surface area contributed by atoms with Gasteiger partial charge in [0.1, 0.15) is 0 Å². The summed E-state index contributed by atoms with van der Waals surface area (Å²) in [6, 6.07) is 6.71. The lowest BCUT2D eigenvalue weighted by molar-refractivity contribution is 0.252. The summed E-state index contributed by atoms with van der Waals surface area (Å²) in [4.78, 5) is 12.0. The van der Waals surface area contributed by atoms with Crippen LogP contribution in [0.3, 0.4) is 0 Å². The van der Waals surface area contributed by atoms with Crippen LogP contribution in [0, 0.1) is 17.8 Å². The van der Waals surface area contributed by atoms with Crippen molar-refractivity contribution in [1.29, 1.82) is 0 Å². The first-order chi connectivity index (χ1) is 10.5. The van der Waals surface area contributed by atoms with Crippen LogP contribution in [0.15, 0.2) is 29.4 Å². The van der Waals surface area contributed by atoms with Crippen LogP contribution in [0.1, 0.15) is 40.0 Å². The third-order valence-corrected chi connectivity index (χ3v) is 4.38. The van der Waals surface area contributed by atoms with Gasteiger partial charge in [-0.25, -0.2) is 10.2 Å². The van der Waals surface area contributed by atoms with E-state index in [1.165, 1.54) is 6.42 Å². The van der Waals surface area contributed by atoms with Gasteiger partial charge in [0, 0.05) is 22.3 Å². The maximum Gasteiger partial charge on any atom is 0.339 e. The fourth-order valence-corrected chi connectivity index (χ4v) is 3.13. The Bertz CT molecular complexity index is 557. The van der Waals surface area contributed by atoms with Crippen molar-refractivity contribution < 1.29 is 4.79 Å². The van der Waals surface area contributed by atoms with Gasteiger partial charge >= 0.3 is 6.03 Å². The summed E-state index contributed by atoms with van der Waals surface area (Å²) in [5.41, 5.74) is 4.38. The van der Waals surface area contributed by atoms with Crippen LogP contribution in [-0.4, -0.2) is 11.7 Å². The normalized spacial score (nSPS) is 23.6. The molecule has 1 aromatic rings. The van der Waals surface area contributed by atoms with Crippen molar-refractivity contribution in [2.75, 3.05) is 5.32 Å². The largest absolute Gasteiger partial charge is 0.339 e. The number of hydrogen-bond acceptors (Lipinski definition) is 2. The minimum Gasteiger partial charge on any atom is -0.306 e. The number of urea groups is 1. The number of carbonyl (C=O) groups is 1. The second-order valence-electron chi connectivity index (χ2n) is 6.42. The standard InChI is InChI=1S/C17H24ClN3O/c1-11(2)15-8-7-12(3)9-16(15)20-21-17(22)19-14-6-4-5-13(18)10-14/h4-6,10-12,15H,7-9H2,1-3H3,(H2,19,21,22)/b20-16-. The number of nitrogens with one attached hydrogen (secondary N) is 2. The lowest BCUT2D eigenvalue weighted by Crippen LogP contribution is -2.32. The van der Waals surface area contributed by atoms with Gasteiger partial charge in [-0.05, 0) is 49.3 Å². The van der Waals surface area contributed by atoms with Gasteiger partial charge in [-0.3, -0.25) is 0 Å². The third-order valence-electron chi connectivity index (χ3n) is 4.14. The lowest BCUT2D eigenvalue weighted by atomic mass is 9.76.